The van der Waals surface area contributed by atoms with Gasteiger partial charge in [-0.1, -0.05) is 64.0 Å². The van der Waals surface area contributed by atoms with Crippen LogP contribution in [-0.4, -0.2) is 12.6 Å². The number of rotatable bonds is 13. The summed E-state index contributed by atoms with van der Waals surface area (Å²) in [7, 11) is 0. The van der Waals surface area contributed by atoms with Crippen LogP contribution in [0.1, 0.15) is 74.2 Å². The van der Waals surface area contributed by atoms with E-state index in [-0.39, 0.29) is 23.5 Å². The molecule has 0 fully saturated rings. The summed E-state index contributed by atoms with van der Waals surface area (Å²) in [6.07, 6.45) is 8.00. The zero-order valence-electron chi connectivity index (χ0n) is 21.2. The molecule has 3 aromatic carbocycles. The van der Waals surface area contributed by atoms with Crippen LogP contribution < -0.4 is 9.47 Å². The number of carbonyl (C=O) groups is 1. The minimum Gasteiger partial charge on any atom is -0.487 e. The Morgan fingerprint density at radius 1 is 0.763 bits per heavy atom. The highest BCUT2D eigenvalue weighted by Gasteiger charge is 2.27. The fourth-order valence-corrected chi connectivity index (χ4v) is 3.94. The van der Waals surface area contributed by atoms with Gasteiger partial charge < -0.3 is 9.47 Å². The van der Waals surface area contributed by atoms with Crippen molar-refractivity contribution < 1.29 is 31.8 Å². The molecule has 0 saturated carbocycles. The normalized spacial score (nSPS) is 10.7. The van der Waals surface area contributed by atoms with Gasteiger partial charge in [0.25, 0.3) is 0 Å². The summed E-state index contributed by atoms with van der Waals surface area (Å²) in [4.78, 5) is 12.4. The number of esters is 1. The Bertz CT molecular complexity index is 1240. The number of ether oxygens (including phenoxy) is 2. The molecule has 0 unspecified atom stereocenters. The summed E-state index contributed by atoms with van der Waals surface area (Å²) in [5.41, 5.74) is -0.624. The molecular formula is C30H29F4NO3. The van der Waals surface area contributed by atoms with E-state index in [0.29, 0.717) is 12.0 Å². The number of nitriles is 1. The molecule has 0 heterocycles. The van der Waals surface area contributed by atoms with Gasteiger partial charge >= 0.3 is 5.97 Å². The van der Waals surface area contributed by atoms with Crippen molar-refractivity contribution in [2.75, 3.05) is 6.61 Å². The third kappa shape index (κ3) is 7.34. The summed E-state index contributed by atoms with van der Waals surface area (Å²) < 4.78 is 69.2. The number of hydrogen-bond donors (Lipinski definition) is 0. The van der Waals surface area contributed by atoms with Crippen molar-refractivity contribution in [3.8, 4) is 28.7 Å². The number of benzene rings is 3. The third-order valence-electron chi connectivity index (χ3n) is 6.07. The minimum absolute atomic E-state index is 0.0465. The number of unbranched alkanes of at least 4 members (excludes halogenated alkanes) is 7. The van der Waals surface area contributed by atoms with Gasteiger partial charge in [0.2, 0.25) is 11.6 Å². The van der Waals surface area contributed by atoms with Gasteiger partial charge in [-0.05, 0) is 48.4 Å². The van der Waals surface area contributed by atoms with Crippen LogP contribution in [0.15, 0.2) is 48.5 Å². The second kappa shape index (κ2) is 14.2. The summed E-state index contributed by atoms with van der Waals surface area (Å²) in [6.45, 7) is 2.08. The highest BCUT2D eigenvalue weighted by Crippen LogP contribution is 2.36. The molecule has 0 saturated heterocycles. The Hall–Kier alpha value is -3.86. The molecule has 0 radical (unpaired) electrons. The first-order valence-electron chi connectivity index (χ1n) is 12.7. The number of carbonyl (C=O) groups excluding carboxylic acids is 1. The third-order valence-corrected chi connectivity index (χ3v) is 6.07. The van der Waals surface area contributed by atoms with Crippen molar-refractivity contribution >= 4 is 5.97 Å². The molecule has 0 bridgehead atoms. The van der Waals surface area contributed by atoms with Crippen molar-refractivity contribution in [1.82, 2.24) is 0 Å². The second-order valence-corrected chi connectivity index (χ2v) is 8.89. The molecule has 200 valence electrons. The van der Waals surface area contributed by atoms with E-state index < -0.39 is 40.6 Å². The molecular weight excluding hydrogens is 498 g/mol. The van der Waals surface area contributed by atoms with Gasteiger partial charge in [0, 0.05) is 0 Å². The van der Waals surface area contributed by atoms with E-state index in [2.05, 4.69) is 6.92 Å². The maximum absolute atomic E-state index is 14.8. The Balaban J connectivity index is 1.64. The Morgan fingerprint density at radius 3 is 1.87 bits per heavy atom. The van der Waals surface area contributed by atoms with Gasteiger partial charge in [-0.2, -0.15) is 14.0 Å². The molecule has 0 atom stereocenters. The van der Waals surface area contributed by atoms with Crippen LogP contribution in [-0.2, 0) is 0 Å². The van der Waals surface area contributed by atoms with Gasteiger partial charge in [0.1, 0.15) is 5.75 Å². The van der Waals surface area contributed by atoms with Crippen molar-refractivity contribution in [1.29, 1.82) is 5.26 Å². The quantitative estimate of drug-likeness (QED) is 0.0735. The van der Waals surface area contributed by atoms with Crippen LogP contribution in [0.3, 0.4) is 0 Å². The fourth-order valence-electron chi connectivity index (χ4n) is 3.94. The van der Waals surface area contributed by atoms with E-state index in [1.54, 1.807) is 0 Å². The monoisotopic (exact) mass is 527 g/mol. The molecule has 0 aliphatic rings. The van der Waals surface area contributed by atoms with Gasteiger partial charge in [0.15, 0.2) is 17.4 Å². The maximum atomic E-state index is 14.8. The SMILES string of the molecule is CCCCCCCCCCOc1c(F)c(F)c(-c2ccc(C(=O)Oc3ccc(C#N)cc3)cc2)c(F)c1F. The van der Waals surface area contributed by atoms with E-state index >= 15 is 0 Å². The Morgan fingerprint density at radius 2 is 1.32 bits per heavy atom. The van der Waals surface area contributed by atoms with Crippen LogP contribution in [0.5, 0.6) is 11.5 Å². The van der Waals surface area contributed by atoms with E-state index in [1.807, 2.05) is 6.07 Å². The van der Waals surface area contributed by atoms with E-state index in [9.17, 15) is 22.4 Å². The van der Waals surface area contributed by atoms with Crippen LogP contribution in [0.2, 0.25) is 0 Å². The predicted molar refractivity (Wildman–Crippen MR) is 136 cm³/mol. The highest BCUT2D eigenvalue weighted by molar-refractivity contribution is 5.91. The molecule has 3 rings (SSSR count). The van der Waals surface area contributed by atoms with E-state index in [4.69, 9.17) is 14.7 Å². The standard InChI is InChI=1S/C30H29F4NO3/c1-2-3-4-5-6-7-8-9-18-37-29-27(33)25(31)24(26(32)28(29)34)21-12-14-22(15-13-21)30(36)38-23-16-10-20(19-35)11-17-23/h10-17H,2-9,18H2,1H3. The second-order valence-electron chi connectivity index (χ2n) is 8.89. The zero-order chi connectivity index (χ0) is 27.5. The summed E-state index contributed by atoms with van der Waals surface area (Å²) >= 11 is 0. The molecule has 38 heavy (non-hydrogen) atoms. The van der Waals surface area contributed by atoms with Crippen molar-refractivity contribution in [2.24, 2.45) is 0 Å². The lowest BCUT2D eigenvalue weighted by Gasteiger charge is -2.13. The summed E-state index contributed by atoms with van der Waals surface area (Å²) in [6, 6.07) is 12.6. The molecule has 0 aliphatic carbocycles. The maximum Gasteiger partial charge on any atom is 0.343 e. The lowest BCUT2D eigenvalue weighted by molar-refractivity contribution is 0.0734. The topological polar surface area (TPSA) is 59.3 Å². The Labute approximate surface area is 219 Å². The molecule has 0 aromatic heterocycles. The van der Waals surface area contributed by atoms with Crippen LogP contribution in [0, 0.1) is 34.6 Å². The number of halogens is 4. The average molecular weight is 528 g/mol. The van der Waals surface area contributed by atoms with Crippen LogP contribution in [0.25, 0.3) is 11.1 Å². The largest absolute Gasteiger partial charge is 0.487 e. The predicted octanol–water partition coefficient (Wildman–Crippen LogP) is 8.52. The van der Waals surface area contributed by atoms with Crippen LogP contribution in [0.4, 0.5) is 17.6 Å². The smallest absolute Gasteiger partial charge is 0.343 e. The minimum atomic E-state index is -1.61. The number of nitrogens with zero attached hydrogens (tertiary/aromatic N) is 1. The lowest BCUT2D eigenvalue weighted by Crippen LogP contribution is -2.09. The van der Waals surface area contributed by atoms with Gasteiger partial charge in [0.05, 0.1) is 29.4 Å². The zero-order valence-corrected chi connectivity index (χ0v) is 21.2. The van der Waals surface area contributed by atoms with Crippen molar-refractivity contribution in [3.05, 3.63) is 82.9 Å². The Kier molecular flexibility index (Phi) is 10.7. The molecule has 0 aliphatic heterocycles. The first-order valence-corrected chi connectivity index (χ1v) is 12.7. The molecule has 0 spiro atoms. The van der Waals surface area contributed by atoms with Crippen molar-refractivity contribution in [2.45, 2.75) is 58.3 Å². The van der Waals surface area contributed by atoms with E-state index in [1.165, 1.54) is 49.2 Å². The summed E-state index contributed by atoms with van der Waals surface area (Å²) in [5.74, 6) is -8.02. The van der Waals surface area contributed by atoms with Crippen molar-refractivity contribution in [3.63, 3.8) is 0 Å². The van der Waals surface area contributed by atoms with Gasteiger partial charge in [-0.25, -0.2) is 13.6 Å². The molecule has 0 N–H and O–H groups in total. The molecule has 0 amide bonds. The molecule has 8 heteroatoms. The lowest BCUT2D eigenvalue weighted by atomic mass is 10.0. The molecule has 4 nitrogen and oxygen atoms in total. The van der Waals surface area contributed by atoms with Gasteiger partial charge in [-0.15, -0.1) is 0 Å². The average Bonchev–Trinajstić information content (AvgIpc) is 2.93. The van der Waals surface area contributed by atoms with Crippen LogP contribution >= 0.6 is 0 Å². The molecule has 3 aromatic rings. The summed E-state index contributed by atoms with van der Waals surface area (Å²) in [5, 5.41) is 8.83. The van der Waals surface area contributed by atoms with Gasteiger partial charge in [-0.3, -0.25) is 0 Å². The highest BCUT2D eigenvalue weighted by atomic mass is 19.2. The number of hydrogen-bond acceptors (Lipinski definition) is 4. The fraction of sp³-hybridized carbons (Fsp3) is 0.333. The van der Waals surface area contributed by atoms with E-state index in [0.717, 1.165) is 44.2 Å². The first kappa shape index (κ1) is 28.7. The first-order chi connectivity index (χ1) is 18.4.